The number of fused-ring (bicyclic) bond motifs is 3. The zero-order chi connectivity index (χ0) is 25.4. The van der Waals surface area contributed by atoms with Gasteiger partial charge in [0.15, 0.2) is 0 Å². The van der Waals surface area contributed by atoms with Crippen LogP contribution in [0, 0.1) is 6.92 Å². The van der Waals surface area contributed by atoms with Gasteiger partial charge in [0.1, 0.15) is 12.6 Å². The summed E-state index contributed by atoms with van der Waals surface area (Å²) in [5, 5.41) is 0.563. The van der Waals surface area contributed by atoms with Gasteiger partial charge >= 0.3 is 0 Å². The topological polar surface area (TPSA) is 45.6 Å². The molecule has 0 spiro atoms. The van der Waals surface area contributed by atoms with Crippen LogP contribution in [-0.2, 0) is 4.79 Å². The minimum atomic E-state index is -0.317. The molecule has 182 valence electrons. The van der Waals surface area contributed by atoms with Crippen LogP contribution in [0.15, 0.2) is 91.1 Å². The summed E-state index contributed by atoms with van der Waals surface area (Å²) >= 11 is 6.02. The molecule has 36 heavy (non-hydrogen) atoms. The normalized spacial score (nSPS) is 14.4. The van der Waals surface area contributed by atoms with Crippen molar-refractivity contribution >= 4 is 29.1 Å². The number of aryl methyl sites for hydroxylation is 1. The van der Waals surface area contributed by atoms with Gasteiger partial charge in [0, 0.05) is 22.8 Å². The number of halogens is 1. The average molecular weight is 498 g/mol. The predicted molar refractivity (Wildman–Crippen MR) is 144 cm³/mol. The highest BCUT2D eigenvalue weighted by atomic mass is 35.5. The lowest BCUT2D eigenvalue weighted by atomic mass is 9.97. The van der Waals surface area contributed by atoms with Crippen molar-refractivity contribution in [3.05, 3.63) is 119 Å². The molecule has 2 amide bonds. The van der Waals surface area contributed by atoms with Gasteiger partial charge in [0.05, 0.1) is 17.1 Å². The molecule has 0 saturated heterocycles. The second kappa shape index (κ2) is 9.67. The molecule has 0 bridgehead atoms. The van der Waals surface area contributed by atoms with Crippen molar-refractivity contribution < 1.29 is 9.59 Å². The molecule has 5 nitrogen and oxygen atoms in total. The van der Waals surface area contributed by atoms with E-state index in [1.54, 1.807) is 29.2 Å². The molecule has 0 radical (unpaired) electrons. The van der Waals surface area contributed by atoms with Gasteiger partial charge in [-0.25, -0.2) is 0 Å². The number of benzene rings is 3. The van der Waals surface area contributed by atoms with E-state index in [9.17, 15) is 9.59 Å². The number of nitrogens with zero attached hydrogens (tertiary/aromatic N) is 3. The zero-order valence-electron chi connectivity index (χ0n) is 20.6. The first-order valence-electron chi connectivity index (χ1n) is 12.1. The number of carbonyl (C=O) groups is 2. The summed E-state index contributed by atoms with van der Waals surface area (Å²) in [5.74, 6) is -0.341. The summed E-state index contributed by atoms with van der Waals surface area (Å²) in [6.07, 6.45) is 2.03. The Labute approximate surface area is 216 Å². The number of rotatable bonds is 5. The van der Waals surface area contributed by atoms with E-state index in [0.29, 0.717) is 10.6 Å². The second-order valence-corrected chi connectivity index (χ2v) is 9.84. The third-order valence-corrected chi connectivity index (χ3v) is 6.91. The van der Waals surface area contributed by atoms with Crippen LogP contribution in [0.3, 0.4) is 0 Å². The number of anilines is 1. The molecule has 4 aromatic rings. The van der Waals surface area contributed by atoms with Crippen molar-refractivity contribution in [2.75, 3.05) is 11.4 Å². The van der Waals surface area contributed by atoms with E-state index in [0.717, 1.165) is 28.2 Å². The molecule has 1 aromatic heterocycles. The fraction of sp³-hybridized carbons (Fsp3) is 0.200. The molecular formula is C30H28ClN3O2. The lowest BCUT2D eigenvalue weighted by Gasteiger charge is -2.40. The van der Waals surface area contributed by atoms with Crippen LogP contribution >= 0.6 is 11.6 Å². The van der Waals surface area contributed by atoms with Gasteiger partial charge in [-0.1, -0.05) is 53.6 Å². The van der Waals surface area contributed by atoms with E-state index in [2.05, 4.69) is 41.8 Å². The van der Waals surface area contributed by atoms with Crippen LogP contribution in [0.1, 0.15) is 47.1 Å². The molecule has 0 fully saturated rings. The van der Waals surface area contributed by atoms with Gasteiger partial charge in [-0.05, 0) is 74.9 Å². The Hall–Kier alpha value is -3.83. The first-order chi connectivity index (χ1) is 17.3. The maximum absolute atomic E-state index is 14.1. The van der Waals surface area contributed by atoms with Crippen molar-refractivity contribution in [3.63, 3.8) is 0 Å². The molecule has 0 N–H and O–H groups in total. The summed E-state index contributed by atoms with van der Waals surface area (Å²) in [7, 11) is 0. The van der Waals surface area contributed by atoms with Gasteiger partial charge in [0.2, 0.25) is 5.91 Å². The highest BCUT2D eigenvalue weighted by Gasteiger charge is 2.37. The molecule has 1 unspecified atom stereocenters. The third-order valence-electron chi connectivity index (χ3n) is 6.66. The minimum absolute atomic E-state index is 0.0451. The van der Waals surface area contributed by atoms with Crippen LogP contribution in [0.25, 0.3) is 5.69 Å². The smallest absolute Gasteiger partial charge is 0.254 e. The maximum Gasteiger partial charge on any atom is 0.254 e. The van der Waals surface area contributed by atoms with E-state index in [-0.39, 0.29) is 30.4 Å². The number of aromatic nitrogens is 1. The van der Waals surface area contributed by atoms with Crippen molar-refractivity contribution in [3.8, 4) is 5.69 Å². The van der Waals surface area contributed by atoms with Crippen LogP contribution in [-0.4, -0.2) is 33.9 Å². The molecule has 1 aliphatic heterocycles. The van der Waals surface area contributed by atoms with Gasteiger partial charge in [-0.3, -0.25) is 14.5 Å². The Morgan fingerprint density at radius 2 is 1.56 bits per heavy atom. The van der Waals surface area contributed by atoms with E-state index >= 15 is 0 Å². The molecular weight excluding hydrogens is 470 g/mol. The Balaban J connectivity index is 1.56. The Morgan fingerprint density at radius 1 is 0.889 bits per heavy atom. The molecule has 1 aliphatic rings. The lowest BCUT2D eigenvalue weighted by Crippen LogP contribution is -2.48. The largest absolute Gasteiger partial charge is 0.327 e. The summed E-state index contributed by atoms with van der Waals surface area (Å²) in [4.78, 5) is 31.0. The number of carbonyl (C=O) groups excluding carboxylic acids is 2. The quantitative estimate of drug-likeness (QED) is 0.319. The van der Waals surface area contributed by atoms with Crippen molar-refractivity contribution in [1.29, 1.82) is 0 Å². The molecule has 1 atom stereocenters. The van der Waals surface area contributed by atoms with Gasteiger partial charge in [-0.15, -0.1) is 0 Å². The van der Waals surface area contributed by atoms with E-state index in [1.807, 2.05) is 55.3 Å². The van der Waals surface area contributed by atoms with Crippen molar-refractivity contribution in [2.24, 2.45) is 0 Å². The standard InChI is InChI=1S/C30H28ClN3O2/c1-20(2)33(30(36)23-14-16-24(31)17-15-23)19-28(35)34-26-8-5-4-7-25(26)32-18-6-9-27(32)29(34)22-12-10-21(3)11-13-22/h4-18,20,29H,19H2,1-3H3. The first-order valence-corrected chi connectivity index (χ1v) is 12.4. The summed E-state index contributed by atoms with van der Waals surface area (Å²) < 4.78 is 2.14. The van der Waals surface area contributed by atoms with Crippen molar-refractivity contribution in [1.82, 2.24) is 9.47 Å². The molecule has 3 aromatic carbocycles. The Bertz CT molecular complexity index is 1410. The lowest BCUT2D eigenvalue weighted by molar-refractivity contribution is -0.120. The van der Waals surface area contributed by atoms with Crippen LogP contribution in [0.5, 0.6) is 0 Å². The third kappa shape index (κ3) is 4.31. The summed E-state index contributed by atoms with van der Waals surface area (Å²) in [5.41, 5.74) is 5.44. The Morgan fingerprint density at radius 3 is 2.22 bits per heavy atom. The number of hydrogen-bond acceptors (Lipinski definition) is 2. The van der Waals surface area contributed by atoms with Crippen molar-refractivity contribution in [2.45, 2.75) is 32.9 Å². The number of hydrogen-bond donors (Lipinski definition) is 0. The van der Waals surface area contributed by atoms with Gasteiger partial charge in [0.25, 0.3) is 5.91 Å². The minimum Gasteiger partial charge on any atom is -0.327 e. The first kappa shape index (κ1) is 23.9. The summed E-state index contributed by atoms with van der Waals surface area (Å²) in [6, 6.07) is 26.5. The average Bonchev–Trinajstić information content (AvgIpc) is 3.37. The van der Waals surface area contributed by atoms with Crippen LogP contribution < -0.4 is 4.90 Å². The Kier molecular flexibility index (Phi) is 6.42. The van der Waals surface area contributed by atoms with Gasteiger partial charge < -0.3 is 9.47 Å². The fourth-order valence-corrected chi connectivity index (χ4v) is 4.92. The summed E-state index contributed by atoms with van der Waals surface area (Å²) in [6.45, 7) is 5.85. The van der Waals surface area contributed by atoms with Crippen LogP contribution in [0.4, 0.5) is 5.69 Å². The molecule has 2 heterocycles. The van der Waals surface area contributed by atoms with E-state index in [4.69, 9.17) is 11.6 Å². The van der Waals surface area contributed by atoms with Crippen LogP contribution in [0.2, 0.25) is 5.02 Å². The zero-order valence-corrected chi connectivity index (χ0v) is 21.3. The molecule has 5 rings (SSSR count). The monoisotopic (exact) mass is 497 g/mol. The predicted octanol–water partition coefficient (Wildman–Crippen LogP) is 6.43. The van der Waals surface area contributed by atoms with E-state index in [1.165, 1.54) is 0 Å². The maximum atomic E-state index is 14.1. The molecule has 0 aliphatic carbocycles. The SMILES string of the molecule is Cc1ccc(C2c3cccn3-c3ccccc3N2C(=O)CN(C(=O)c2ccc(Cl)cc2)C(C)C)cc1. The van der Waals surface area contributed by atoms with Gasteiger partial charge in [-0.2, -0.15) is 0 Å². The number of amides is 2. The number of para-hydroxylation sites is 2. The molecule has 0 saturated carbocycles. The molecule has 6 heteroatoms. The fourth-order valence-electron chi connectivity index (χ4n) is 4.80. The highest BCUT2D eigenvalue weighted by Crippen LogP contribution is 2.42. The second-order valence-electron chi connectivity index (χ2n) is 9.40. The highest BCUT2D eigenvalue weighted by molar-refractivity contribution is 6.30. The van der Waals surface area contributed by atoms with E-state index < -0.39 is 0 Å².